The number of rotatable bonds is 3. The van der Waals surface area contributed by atoms with Gasteiger partial charge in [-0.3, -0.25) is 4.90 Å². The maximum absolute atomic E-state index is 12.9. The molecule has 2 atom stereocenters. The number of halogens is 1. The zero-order chi connectivity index (χ0) is 8.55. The van der Waals surface area contributed by atoms with Crippen LogP contribution in [-0.4, -0.2) is 41.9 Å². The Hall–Kier alpha value is -0.150. The minimum Gasteiger partial charge on any atom is -0.395 e. The van der Waals surface area contributed by atoms with Crippen molar-refractivity contribution in [2.24, 2.45) is 5.92 Å². The highest BCUT2D eigenvalue weighted by Crippen LogP contribution is 2.32. The summed E-state index contributed by atoms with van der Waals surface area (Å²) in [4.78, 5) is 2.11. The first kappa shape index (κ1) is 8.45. The molecule has 0 bridgehead atoms. The fraction of sp³-hybridized carbons (Fsp3) is 1.00. The van der Waals surface area contributed by atoms with E-state index in [1.165, 1.54) is 12.8 Å². The van der Waals surface area contributed by atoms with Crippen LogP contribution in [0.4, 0.5) is 4.39 Å². The zero-order valence-corrected chi connectivity index (χ0v) is 7.25. The average molecular weight is 173 g/mol. The molecule has 0 amide bonds. The quantitative estimate of drug-likeness (QED) is 0.682. The number of alkyl halides is 1. The van der Waals surface area contributed by atoms with Crippen LogP contribution in [0, 0.1) is 5.92 Å². The van der Waals surface area contributed by atoms with Crippen LogP contribution in [0.25, 0.3) is 0 Å². The molecular formula is C9H16FNO. The first-order chi connectivity index (χ1) is 5.79. The van der Waals surface area contributed by atoms with E-state index in [0.29, 0.717) is 13.0 Å². The fourth-order valence-corrected chi connectivity index (χ4v) is 1.97. The summed E-state index contributed by atoms with van der Waals surface area (Å²) in [5, 5.41) is 8.98. The molecule has 0 spiro atoms. The summed E-state index contributed by atoms with van der Waals surface area (Å²) in [6.07, 6.45) is 2.42. The van der Waals surface area contributed by atoms with Gasteiger partial charge in [0.1, 0.15) is 6.17 Å². The van der Waals surface area contributed by atoms with E-state index in [2.05, 4.69) is 4.90 Å². The van der Waals surface area contributed by atoms with E-state index < -0.39 is 6.17 Å². The normalized spacial score (nSPS) is 37.5. The SMILES string of the molecule is OC[C@@H]1C[C@H](F)CN1CC1CC1. The van der Waals surface area contributed by atoms with Crippen molar-refractivity contribution in [2.75, 3.05) is 19.7 Å². The Kier molecular flexibility index (Phi) is 2.33. The number of aliphatic hydroxyl groups is 1. The van der Waals surface area contributed by atoms with Crippen LogP contribution in [0.1, 0.15) is 19.3 Å². The Morgan fingerprint density at radius 3 is 2.75 bits per heavy atom. The van der Waals surface area contributed by atoms with Gasteiger partial charge in [0.15, 0.2) is 0 Å². The molecule has 2 aliphatic rings. The molecule has 0 unspecified atom stereocenters. The van der Waals surface area contributed by atoms with Crippen molar-refractivity contribution in [1.82, 2.24) is 4.90 Å². The molecule has 12 heavy (non-hydrogen) atoms. The van der Waals surface area contributed by atoms with E-state index in [4.69, 9.17) is 5.11 Å². The van der Waals surface area contributed by atoms with Gasteiger partial charge in [0, 0.05) is 19.1 Å². The third-order valence-corrected chi connectivity index (χ3v) is 2.88. The molecule has 1 heterocycles. The summed E-state index contributed by atoms with van der Waals surface area (Å²) in [5.74, 6) is 0.796. The lowest BCUT2D eigenvalue weighted by molar-refractivity contribution is 0.154. The third kappa shape index (κ3) is 1.77. The van der Waals surface area contributed by atoms with Crippen LogP contribution in [0.2, 0.25) is 0 Å². The Balaban J connectivity index is 1.84. The van der Waals surface area contributed by atoms with Crippen LogP contribution < -0.4 is 0 Å². The highest BCUT2D eigenvalue weighted by atomic mass is 19.1. The Morgan fingerprint density at radius 1 is 1.42 bits per heavy atom. The van der Waals surface area contributed by atoms with Crippen molar-refractivity contribution in [2.45, 2.75) is 31.5 Å². The van der Waals surface area contributed by atoms with Crippen molar-refractivity contribution in [3.05, 3.63) is 0 Å². The van der Waals surface area contributed by atoms with E-state index in [9.17, 15) is 4.39 Å². The molecule has 0 aromatic heterocycles. The van der Waals surface area contributed by atoms with Crippen LogP contribution >= 0.6 is 0 Å². The van der Waals surface area contributed by atoms with Gasteiger partial charge in [-0.05, 0) is 25.2 Å². The summed E-state index contributed by atoms with van der Waals surface area (Å²) in [6.45, 7) is 1.67. The molecule has 0 radical (unpaired) electrons. The first-order valence-corrected chi connectivity index (χ1v) is 4.78. The monoisotopic (exact) mass is 173 g/mol. The van der Waals surface area contributed by atoms with Crippen LogP contribution in [0.15, 0.2) is 0 Å². The predicted molar refractivity (Wildman–Crippen MR) is 44.7 cm³/mol. The van der Waals surface area contributed by atoms with E-state index in [0.717, 1.165) is 12.5 Å². The van der Waals surface area contributed by atoms with Gasteiger partial charge in [-0.2, -0.15) is 0 Å². The van der Waals surface area contributed by atoms with Gasteiger partial charge in [0.25, 0.3) is 0 Å². The van der Waals surface area contributed by atoms with Crippen molar-refractivity contribution in [1.29, 1.82) is 0 Å². The number of aliphatic hydroxyl groups excluding tert-OH is 1. The van der Waals surface area contributed by atoms with Crippen molar-refractivity contribution >= 4 is 0 Å². The summed E-state index contributed by atoms with van der Waals surface area (Å²) >= 11 is 0. The van der Waals surface area contributed by atoms with Gasteiger partial charge in [0.05, 0.1) is 6.61 Å². The van der Waals surface area contributed by atoms with Gasteiger partial charge < -0.3 is 5.11 Å². The van der Waals surface area contributed by atoms with Crippen LogP contribution in [-0.2, 0) is 0 Å². The number of nitrogens with zero attached hydrogens (tertiary/aromatic N) is 1. The first-order valence-electron chi connectivity index (χ1n) is 4.78. The molecule has 70 valence electrons. The Labute approximate surface area is 72.4 Å². The topological polar surface area (TPSA) is 23.5 Å². The van der Waals surface area contributed by atoms with E-state index in [-0.39, 0.29) is 12.6 Å². The molecular weight excluding hydrogens is 157 g/mol. The molecule has 1 saturated heterocycles. The smallest absolute Gasteiger partial charge is 0.114 e. The highest BCUT2D eigenvalue weighted by molar-refractivity contribution is 4.88. The number of hydrogen-bond donors (Lipinski definition) is 1. The van der Waals surface area contributed by atoms with Crippen LogP contribution in [0.3, 0.4) is 0 Å². The molecule has 2 fully saturated rings. The Morgan fingerprint density at radius 2 is 2.17 bits per heavy atom. The van der Waals surface area contributed by atoms with Gasteiger partial charge in [0.2, 0.25) is 0 Å². The average Bonchev–Trinajstić information content (AvgIpc) is 2.76. The lowest BCUT2D eigenvalue weighted by Crippen LogP contribution is -2.33. The predicted octanol–water partition coefficient (Wildman–Crippen LogP) is 0.801. The summed E-state index contributed by atoms with van der Waals surface area (Å²) < 4.78 is 12.9. The van der Waals surface area contributed by atoms with E-state index >= 15 is 0 Å². The number of hydrogen-bond acceptors (Lipinski definition) is 2. The van der Waals surface area contributed by atoms with E-state index in [1.807, 2.05) is 0 Å². The summed E-state index contributed by atoms with van der Waals surface area (Å²) in [5.41, 5.74) is 0. The van der Waals surface area contributed by atoms with Crippen LogP contribution in [0.5, 0.6) is 0 Å². The van der Waals surface area contributed by atoms with E-state index in [1.54, 1.807) is 0 Å². The second-order valence-corrected chi connectivity index (χ2v) is 4.07. The van der Waals surface area contributed by atoms with Gasteiger partial charge in [-0.15, -0.1) is 0 Å². The fourth-order valence-electron chi connectivity index (χ4n) is 1.97. The maximum Gasteiger partial charge on any atom is 0.114 e. The van der Waals surface area contributed by atoms with Gasteiger partial charge in [-0.25, -0.2) is 4.39 Å². The summed E-state index contributed by atoms with van der Waals surface area (Å²) in [7, 11) is 0. The molecule has 0 aromatic rings. The molecule has 0 aromatic carbocycles. The lowest BCUT2D eigenvalue weighted by atomic mass is 10.2. The van der Waals surface area contributed by atoms with Gasteiger partial charge in [-0.1, -0.05) is 0 Å². The Bertz CT molecular complexity index is 161. The third-order valence-electron chi connectivity index (χ3n) is 2.88. The van der Waals surface area contributed by atoms with Crippen molar-refractivity contribution < 1.29 is 9.50 Å². The molecule has 2 rings (SSSR count). The largest absolute Gasteiger partial charge is 0.395 e. The minimum absolute atomic E-state index is 0.0978. The maximum atomic E-state index is 12.9. The zero-order valence-electron chi connectivity index (χ0n) is 7.25. The molecule has 1 aliphatic carbocycles. The highest BCUT2D eigenvalue weighted by Gasteiger charge is 2.35. The lowest BCUT2D eigenvalue weighted by Gasteiger charge is -2.21. The number of likely N-dealkylation sites (tertiary alicyclic amines) is 1. The van der Waals surface area contributed by atoms with Gasteiger partial charge >= 0.3 is 0 Å². The molecule has 3 heteroatoms. The molecule has 1 saturated carbocycles. The molecule has 2 nitrogen and oxygen atoms in total. The second kappa shape index (κ2) is 3.30. The standard InChI is InChI=1S/C9H16FNO/c10-8-3-9(6-12)11(5-8)4-7-1-2-7/h7-9,12H,1-6H2/t8-,9-/m0/s1. The molecule has 1 N–H and O–H groups in total. The second-order valence-electron chi connectivity index (χ2n) is 4.07. The minimum atomic E-state index is -0.708. The van der Waals surface area contributed by atoms with Crippen molar-refractivity contribution in [3.63, 3.8) is 0 Å². The van der Waals surface area contributed by atoms with Crippen molar-refractivity contribution in [3.8, 4) is 0 Å². The molecule has 1 aliphatic heterocycles. The summed E-state index contributed by atoms with van der Waals surface area (Å²) in [6, 6.07) is 0.0978.